The molecule has 0 saturated carbocycles. The molecule has 0 aliphatic carbocycles. The standard InChI is InChI=1S/C13H19NO5S/c1-10(7-8-15)9-14-20(17,18)12-6-4-3-5-11(12)13(16)19-2/h3-6,10,14-15H,7-9H2,1-2H3. The number of carbonyl (C=O) groups excluding carboxylic acids is 1. The van der Waals surface area contributed by atoms with Gasteiger partial charge in [-0.05, 0) is 24.5 Å². The van der Waals surface area contributed by atoms with Gasteiger partial charge in [-0.15, -0.1) is 0 Å². The number of ether oxygens (including phenoxy) is 1. The van der Waals surface area contributed by atoms with Gasteiger partial charge in [0.1, 0.15) is 0 Å². The number of rotatable bonds is 7. The molecule has 0 saturated heterocycles. The van der Waals surface area contributed by atoms with Gasteiger partial charge in [0, 0.05) is 13.2 Å². The van der Waals surface area contributed by atoms with Crippen LogP contribution in [0.4, 0.5) is 0 Å². The van der Waals surface area contributed by atoms with E-state index in [0.717, 1.165) is 0 Å². The molecule has 0 amide bonds. The third-order valence-electron chi connectivity index (χ3n) is 2.83. The molecule has 0 spiro atoms. The Labute approximate surface area is 118 Å². The average Bonchev–Trinajstić information content (AvgIpc) is 2.45. The number of hydrogen-bond donors (Lipinski definition) is 2. The molecule has 1 unspecified atom stereocenters. The molecule has 1 atom stereocenters. The molecule has 0 bridgehead atoms. The molecule has 0 aliphatic rings. The van der Waals surface area contributed by atoms with E-state index >= 15 is 0 Å². The van der Waals surface area contributed by atoms with Crippen LogP contribution in [0, 0.1) is 5.92 Å². The first-order chi connectivity index (χ1) is 9.42. The Morgan fingerprint density at radius 2 is 2.05 bits per heavy atom. The van der Waals surface area contributed by atoms with E-state index in [1.165, 1.54) is 25.3 Å². The zero-order chi connectivity index (χ0) is 15.2. The van der Waals surface area contributed by atoms with E-state index in [-0.39, 0.29) is 29.5 Å². The van der Waals surface area contributed by atoms with Gasteiger partial charge in [0.15, 0.2) is 0 Å². The maximum Gasteiger partial charge on any atom is 0.339 e. The average molecular weight is 301 g/mol. The molecule has 20 heavy (non-hydrogen) atoms. The second-order valence-corrected chi connectivity index (χ2v) is 6.19. The van der Waals surface area contributed by atoms with Gasteiger partial charge in [-0.2, -0.15) is 0 Å². The summed E-state index contributed by atoms with van der Waals surface area (Å²) in [4.78, 5) is 11.5. The van der Waals surface area contributed by atoms with Crippen LogP contribution in [-0.2, 0) is 14.8 Å². The molecule has 6 nitrogen and oxygen atoms in total. The molecule has 112 valence electrons. The lowest BCUT2D eigenvalue weighted by atomic mass is 10.1. The Kier molecular flexibility index (Phi) is 6.12. The monoisotopic (exact) mass is 301 g/mol. The number of sulfonamides is 1. The van der Waals surface area contributed by atoms with Crippen LogP contribution in [0.15, 0.2) is 29.2 Å². The normalized spacial score (nSPS) is 12.9. The second-order valence-electron chi connectivity index (χ2n) is 4.46. The molecule has 1 rings (SSSR count). The van der Waals surface area contributed by atoms with Crippen molar-refractivity contribution in [2.45, 2.75) is 18.2 Å². The van der Waals surface area contributed by atoms with Crippen LogP contribution in [-0.4, -0.2) is 39.8 Å². The number of aliphatic hydroxyl groups excluding tert-OH is 1. The number of carbonyl (C=O) groups is 1. The lowest BCUT2D eigenvalue weighted by Gasteiger charge is -2.13. The van der Waals surface area contributed by atoms with Crippen molar-refractivity contribution in [2.24, 2.45) is 5.92 Å². The highest BCUT2D eigenvalue weighted by atomic mass is 32.2. The highest BCUT2D eigenvalue weighted by molar-refractivity contribution is 7.89. The molecule has 1 aromatic rings. The van der Waals surface area contributed by atoms with Gasteiger partial charge < -0.3 is 9.84 Å². The smallest absolute Gasteiger partial charge is 0.339 e. The number of hydrogen-bond acceptors (Lipinski definition) is 5. The van der Waals surface area contributed by atoms with Crippen LogP contribution < -0.4 is 4.72 Å². The van der Waals surface area contributed by atoms with Gasteiger partial charge in [0.05, 0.1) is 17.6 Å². The maximum atomic E-state index is 12.2. The van der Waals surface area contributed by atoms with Crippen LogP contribution in [0.25, 0.3) is 0 Å². The van der Waals surface area contributed by atoms with Gasteiger partial charge in [-0.3, -0.25) is 0 Å². The molecule has 0 heterocycles. The summed E-state index contributed by atoms with van der Waals surface area (Å²) in [6.45, 7) is 2.02. The minimum absolute atomic E-state index is 0.0000592. The molecular weight excluding hydrogens is 282 g/mol. The summed E-state index contributed by atoms with van der Waals surface area (Å²) < 4.78 is 31.4. The Bertz CT molecular complexity index is 556. The van der Waals surface area contributed by atoms with Gasteiger partial charge in [0.2, 0.25) is 10.0 Å². The zero-order valence-corrected chi connectivity index (χ0v) is 12.3. The maximum absolute atomic E-state index is 12.2. The van der Waals surface area contributed by atoms with E-state index < -0.39 is 16.0 Å². The topological polar surface area (TPSA) is 92.7 Å². The Morgan fingerprint density at radius 3 is 2.65 bits per heavy atom. The summed E-state index contributed by atoms with van der Waals surface area (Å²) in [5.74, 6) is -0.700. The Hall–Kier alpha value is -1.44. The molecule has 2 N–H and O–H groups in total. The first-order valence-corrected chi connectivity index (χ1v) is 7.68. The van der Waals surface area contributed by atoms with E-state index in [4.69, 9.17) is 5.11 Å². The fourth-order valence-corrected chi connectivity index (χ4v) is 2.99. The van der Waals surface area contributed by atoms with Crippen molar-refractivity contribution in [2.75, 3.05) is 20.3 Å². The fourth-order valence-electron chi connectivity index (χ4n) is 1.63. The summed E-state index contributed by atoms with van der Waals surface area (Å²) in [5.41, 5.74) is -0.00249. The van der Waals surface area contributed by atoms with E-state index in [0.29, 0.717) is 6.42 Å². The number of aliphatic hydroxyl groups is 1. The van der Waals surface area contributed by atoms with E-state index in [9.17, 15) is 13.2 Å². The van der Waals surface area contributed by atoms with Crippen molar-refractivity contribution in [3.63, 3.8) is 0 Å². The predicted octanol–water partition coefficient (Wildman–Crippen LogP) is 0.770. The van der Waals surface area contributed by atoms with E-state index in [1.807, 2.05) is 6.92 Å². The molecule has 0 aromatic heterocycles. The van der Waals surface area contributed by atoms with Crippen molar-refractivity contribution in [1.29, 1.82) is 0 Å². The summed E-state index contributed by atoms with van der Waals surface area (Å²) in [7, 11) is -2.59. The molecule has 1 aromatic carbocycles. The van der Waals surface area contributed by atoms with Crippen LogP contribution in [0.1, 0.15) is 23.7 Å². The van der Waals surface area contributed by atoms with Gasteiger partial charge >= 0.3 is 5.97 Å². The zero-order valence-electron chi connectivity index (χ0n) is 11.5. The molecule has 0 radical (unpaired) electrons. The number of benzene rings is 1. The first kappa shape index (κ1) is 16.6. The quantitative estimate of drug-likeness (QED) is 0.726. The molecule has 7 heteroatoms. The van der Waals surface area contributed by atoms with Crippen LogP contribution in [0.5, 0.6) is 0 Å². The SMILES string of the molecule is COC(=O)c1ccccc1S(=O)(=O)NCC(C)CCO. The van der Waals surface area contributed by atoms with Gasteiger partial charge in [0.25, 0.3) is 0 Å². The van der Waals surface area contributed by atoms with Crippen LogP contribution >= 0.6 is 0 Å². The van der Waals surface area contributed by atoms with Crippen molar-refractivity contribution in [3.05, 3.63) is 29.8 Å². The molecule has 0 fully saturated rings. The summed E-state index contributed by atoms with van der Waals surface area (Å²) in [5, 5.41) is 8.79. The van der Waals surface area contributed by atoms with E-state index in [1.54, 1.807) is 6.07 Å². The van der Waals surface area contributed by atoms with Crippen molar-refractivity contribution in [1.82, 2.24) is 4.72 Å². The number of esters is 1. The van der Waals surface area contributed by atoms with Crippen molar-refractivity contribution in [3.8, 4) is 0 Å². The Morgan fingerprint density at radius 1 is 1.40 bits per heavy atom. The Balaban J connectivity index is 2.95. The largest absolute Gasteiger partial charge is 0.465 e. The minimum Gasteiger partial charge on any atom is -0.465 e. The lowest BCUT2D eigenvalue weighted by Crippen LogP contribution is -2.30. The third kappa shape index (κ3) is 4.29. The highest BCUT2D eigenvalue weighted by Gasteiger charge is 2.22. The second kappa shape index (κ2) is 7.37. The summed E-state index contributed by atoms with van der Waals surface area (Å²) in [6.07, 6.45) is 0.501. The van der Waals surface area contributed by atoms with Gasteiger partial charge in [-0.25, -0.2) is 17.9 Å². The number of nitrogens with one attached hydrogen (secondary N) is 1. The molecular formula is C13H19NO5S. The number of methoxy groups -OCH3 is 1. The molecule has 0 aliphatic heterocycles. The van der Waals surface area contributed by atoms with Crippen LogP contribution in [0.2, 0.25) is 0 Å². The minimum atomic E-state index is -3.79. The van der Waals surface area contributed by atoms with Gasteiger partial charge in [-0.1, -0.05) is 19.1 Å². The third-order valence-corrected chi connectivity index (χ3v) is 4.31. The van der Waals surface area contributed by atoms with Crippen LogP contribution in [0.3, 0.4) is 0 Å². The summed E-state index contributed by atoms with van der Waals surface area (Å²) >= 11 is 0. The van der Waals surface area contributed by atoms with Crippen molar-refractivity contribution < 1.29 is 23.1 Å². The first-order valence-electron chi connectivity index (χ1n) is 6.20. The van der Waals surface area contributed by atoms with E-state index in [2.05, 4.69) is 9.46 Å². The lowest BCUT2D eigenvalue weighted by molar-refractivity contribution is 0.0596. The van der Waals surface area contributed by atoms with Crippen molar-refractivity contribution >= 4 is 16.0 Å². The summed E-state index contributed by atoms with van der Waals surface area (Å²) in [6, 6.07) is 5.86. The highest BCUT2D eigenvalue weighted by Crippen LogP contribution is 2.16. The predicted molar refractivity (Wildman–Crippen MR) is 73.8 cm³/mol. The fraction of sp³-hybridized carbons (Fsp3) is 0.462.